The van der Waals surface area contributed by atoms with Crippen LogP contribution in [-0.4, -0.2) is 77.8 Å². The standard InChI is InChI=1S/C20H31N3O3/c24-12-2-4-18-16-23(9-7-19(18)22-10-13-26-14-11-22)20(25)6-5-17-3-1-8-21-15-17/h1,3,8,15,18-19,24H,2,4-7,9-14,16H2/t18-,19+/m1/s1. The molecule has 3 rings (SSSR count). The van der Waals surface area contributed by atoms with Gasteiger partial charge in [-0.15, -0.1) is 0 Å². The number of aliphatic hydroxyl groups is 1. The van der Waals surface area contributed by atoms with Gasteiger partial charge in [0, 0.05) is 57.6 Å². The van der Waals surface area contributed by atoms with Gasteiger partial charge >= 0.3 is 0 Å². The Balaban J connectivity index is 1.55. The number of amides is 1. The fourth-order valence-corrected chi connectivity index (χ4v) is 4.23. The number of piperidine rings is 1. The van der Waals surface area contributed by atoms with E-state index in [1.807, 2.05) is 23.2 Å². The third kappa shape index (κ3) is 5.25. The van der Waals surface area contributed by atoms with Gasteiger partial charge in [-0.2, -0.15) is 0 Å². The highest BCUT2D eigenvalue weighted by atomic mass is 16.5. The van der Waals surface area contributed by atoms with E-state index in [2.05, 4.69) is 9.88 Å². The lowest BCUT2D eigenvalue weighted by Gasteiger charge is -2.45. The molecule has 6 nitrogen and oxygen atoms in total. The first-order valence-electron chi connectivity index (χ1n) is 9.87. The normalized spacial score (nSPS) is 24.6. The summed E-state index contributed by atoms with van der Waals surface area (Å²) in [5.74, 6) is 0.680. The van der Waals surface area contributed by atoms with Gasteiger partial charge in [0.25, 0.3) is 0 Å². The number of hydrogen-bond acceptors (Lipinski definition) is 5. The summed E-state index contributed by atoms with van der Waals surface area (Å²) in [6, 6.07) is 4.45. The quantitative estimate of drug-likeness (QED) is 0.794. The van der Waals surface area contributed by atoms with Crippen LogP contribution in [0.25, 0.3) is 0 Å². The van der Waals surface area contributed by atoms with E-state index in [1.165, 1.54) is 0 Å². The molecule has 2 saturated heterocycles. The van der Waals surface area contributed by atoms with Gasteiger partial charge in [-0.3, -0.25) is 14.7 Å². The van der Waals surface area contributed by atoms with Crippen molar-refractivity contribution < 1.29 is 14.6 Å². The van der Waals surface area contributed by atoms with Crippen molar-refractivity contribution in [2.45, 2.75) is 38.1 Å². The summed E-state index contributed by atoms with van der Waals surface area (Å²) in [7, 11) is 0. The number of aromatic nitrogens is 1. The molecule has 1 amide bonds. The van der Waals surface area contributed by atoms with Gasteiger partial charge in [-0.05, 0) is 43.2 Å². The molecule has 0 spiro atoms. The minimum absolute atomic E-state index is 0.223. The number of carbonyl (C=O) groups is 1. The van der Waals surface area contributed by atoms with Gasteiger partial charge in [-0.25, -0.2) is 0 Å². The molecule has 3 heterocycles. The van der Waals surface area contributed by atoms with Crippen LogP contribution in [-0.2, 0) is 16.0 Å². The number of hydrogen-bond donors (Lipinski definition) is 1. The number of likely N-dealkylation sites (tertiary alicyclic amines) is 1. The van der Waals surface area contributed by atoms with Crippen LogP contribution in [0.4, 0.5) is 0 Å². The fraction of sp³-hybridized carbons (Fsp3) is 0.700. The molecule has 26 heavy (non-hydrogen) atoms. The highest BCUT2D eigenvalue weighted by Gasteiger charge is 2.34. The molecule has 1 aromatic rings. The molecule has 2 aliphatic rings. The van der Waals surface area contributed by atoms with E-state index in [4.69, 9.17) is 4.74 Å². The molecule has 0 saturated carbocycles. The molecule has 2 atom stereocenters. The summed E-state index contributed by atoms with van der Waals surface area (Å²) >= 11 is 0. The Morgan fingerprint density at radius 3 is 2.88 bits per heavy atom. The molecule has 1 aromatic heterocycles. The first-order valence-corrected chi connectivity index (χ1v) is 9.87. The van der Waals surface area contributed by atoms with Crippen LogP contribution in [0.15, 0.2) is 24.5 Å². The number of aliphatic hydroxyl groups excluding tert-OH is 1. The average molecular weight is 361 g/mol. The molecule has 2 aliphatic heterocycles. The smallest absolute Gasteiger partial charge is 0.222 e. The van der Waals surface area contributed by atoms with Gasteiger partial charge in [0.05, 0.1) is 13.2 Å². The number of aryl methyl sites for hydroxylation is 1. The summed E-state index contributed by atoms with van der Waals surface area (Å²) in [5.41, 5.74) is 1.11. The Bertz CT molecular complexity index is 548. The zero-order chi connectivity index (χ0) is 18.2. The largest absolute Gasteiger partial charge is 0.396 e. The molecule has 0 aromatic carbocycles. The van der Waals surface area contributed by atoms with Crippen LogP contribution in [0.3, 0.4) is 0 Å². The Kier molecular flexibility index (Phi) is 7.41. The van der Waals surface area contributed by atoms with Crippen molar-refractivity contribution in [2.24, 2.45) is 5.92 Å². The number of carbonyl (C=O) groups excluding carboxylic acids is 1. The number of rotatable bonds is 7. The summed E-state index contributed by atoms with van der Waals surface area (Å²) in [4.78, 5) is 21.4. The topological polar surface area (TPSA) is 65.9 Å². The number of ether oxygens (including phenoxy) is 1. The van der Waals surface area contributed by atoms with Crippen LogP contribution >= 0.6 is 0 Å². The highest BCUT2D eigenvalue weighted by Crippen LogP contribution is 2.27. The molecule has 2 fully saturated rings. The van der Waals surface area contributed by atoms with Gasteiger partial charge in [0.15, 0.2) is 0 Å². The number of nitrogens with zero attached hydrogens (tertiary/aromatic N) is 3. The monoisotopic (exact) mass is 361 g/mol. The fourth-order valence-electron chi connectivity index (χ4n) is 4.23. The average Bonchev–Trinajstić information content (AvgIpc) is 2.71. The van der Waals surface area contributed by atoms with E-state index in [0.29, 0.717) is 18.4 Å². The summed E-state index contributed by atoms with van der Waals surface area (Å²) in [5, 5.41) is 9.26. The second-order valence-corrected chi connectivity index (χ2v) is 7.33. The Morgan fingerprint density at radius 1 is 1.31 bits per heavy atom. The van der Waals surface area contributed by atoms with Crippen LogP contribution < -0.4 is 0 Å². The van der Waals surface area contributed by atoms with E-state index < -0.39 is 0 Å². The molecule has 0 unspecified atom stereocenters. The maximum absolute atomic E-state index is 12.7. The van der Waals surface area contributed by atoms with E-state index in [9.17, 15) is 9.90 Å². The number of morpholine rings is 1. The van der Waals surface area contributed by atoms with Crippen LogP contribution in [0.1, 0.15) is 31.2 Å². The molecule has 6 heteroatoms. The summed E-state index contributed by atoms with van der Waals surface area (Å²) in [6.45, 7) is 5.44. The molecular weight excluding hydrogens is 330 g/mol. The van der Waals surface area contributed by atoms with E-state index in [0.717, 1.165) is 70.6 Å². The van der Waals surface area contributed by atoms with Crippen molar-refractivity contribution in [2.75, 3.05) is 46.0 Å². The second-order valence-electron chi connectivity index (χ2n) is 7.33. The summed E-state index contributed by atoms with van der Waals surface area (Å²) < 4.78 is 5.49. The van der Waals surface area contributed by atoms with Crippen LogP contribution in [0.5, 0.6) is 0 Å². The second kappa shape index (κ2) is 10.00. The molecular formula is C20H31N3O3. The third-order valence-corrected chi connectivity index (χ3v) is 5.64. The van der Waals surface area contributed by atoms with Gasteiger partial charge < -0.3 is 14.7 Å². The van der Waals surface area contributed by atoms with Crippen molar-refractivity contribution in [1.82, 2.24) is 14.8 Å². The summed E-state index contributed by atoms with van der Waals surface area (Å²) in [6.07, 6.45) is 7.69. The van der Waals surface area contributed by atoms with Crippen molar-refractivity contribution >= 4 is 5.91 Å². The predicted molar refractivity (Wildman–Crippen MR) is 99.7 cm³/mol. The van der Waals surface area contributed by atoms with E-state index in [1.54, 1.807) is 6.20 Å². The van der Waals surface area contributed by atoms with Crippen molar-refractivity contribution in [3.05, 3.63) is 30.1 Å². The molecule has 144 valence electrons. The lowest BCUT2D eigenvalue weighted by molar-refractivity contribution is -0.134. The Labute approximate surface area is 156 Å². The Morgan fingerprint density at radius 2 is 2.15 bits per heavy atom. The SMILES string of the molecule is O=C(CCc1cccnc1)N1CC[C@H](N2CCOCC2)[C@H](CCCO)C1. The van der Waals surface area contributed by atoms with E-state index >= 15 is 0 Å². The number of pyridine rings is 1. The minimum Gasteiger partial charge on any atom is -0.396 e. The lowest BCUT2D eigenvalue weighted by atomic mass is 9.86. The predicted octanol–water partition coefficient (Wildman–Crippen LogP) is 1.34. The van der Waals surface area contributed by atoms with Gasteiger partial charge in [0.2, 0.25) is 5.91 Å². The zero-order valence-electron chi connectivity index (χ0n) is 15.6. The highest BCUT2D eigenvalue weighted by molar-refractivity contribution is 5.76. The molecule has 0 radical (unpaired) electrons. The lowest BCUT2D eigenvalue weighted by Crippen LogP contribution is -2.55. The van der Waals surface area contributed by atoms with Gasteiger partial charge in [0.1, 0.15) is 0 Å². The molecule has 0 aliphatic carbocycles. The van der Waals surface area contributed by atoms with E-state index in [-0.39, 0.29) is 12.5 Å². The molecule has 1 N–H and O–H groups in total. The Hall–Kier alpha value is -1.50. The van der Waals surface area contributed by atoms with Crippen LogP contribution in [0.2, 0.25) is 0 Å². The maximum atomic E-state index is 12.7. The van der Waals surface area contributed by atoms with Crippen molar-refractivity contribution in [3.8, 4) is 0 Å². The minimum atomic E-state index is 0.223. The van der Waals surface area contributed by atoms with Gasteiger partial charge in [-0.1, -0.05) is 6.07 Å². The molecule has 0 bridgehead atoms. The van der Waals surface area contributed by atoms with Crippen LogP contribution in [0, 0.1) is 5.92 Å². The first-order chi connectivity index (χ1) is 12.8. The van der Waals surface area contributed by atoms with Crippen molar-refractivity contribution in [3.63, 3.8) is 0 Å². The zero-order valence-corrected chi connectivity index (χ0v) is 15.6. The third-order valence-electron chi connectivity index (χ3n) is 5.64. The van der Waals surface area contributed by atoms with Crippen molar-refractivity contribution in [1.29, 1.82) is 0 Å². The first kappa shape index (κ1) is 19.3. The maximum Gasteiger partial charge on any atom is 0.222 e.